The Hall–Kier alpha value is -0.570. The van der Waals surface area contributed by atoms with Crippen LogP contribution in [0.25, 0.3) is 0 Å². The predicted octanol–water partition coefficient (Wildman–Crippen LogP) is 0.448. The number of hydrogen-bond donors (Lipinski definition) is 1. The lowest BCUT2D eigenvalue weighted by molar-refractivity contribution is -0.129. The summed E-state index contributed by atoms with van der Waals surface area (Å²) >= 11 is 0. The molecular weight excluding hydrogens is 152 g/mol. The Kier molecular flexibility index (Phi) is 2.73. The molecule has 0 aliphatic heterocycles. The average molecular weight is 170 g/mol. The number of amides is 1. The molecule has 0 aromatic heterocycles. The van der Waals surface area contributed by atoms with Gasteiger partial charge in [0.05, 0.1) is 6.54 Å². The van der Waals surface area contributed by atoms with Gasteiger partial charge in [-0.1, -0.05) is 20.3 Å². The van der Waals surface area contributed by atoms with Gasteiger partial charge in [0.1, 0.15) is 0 Å². The molecule has 3 nitrogen and oxygen atoms in total. The number of carbonyl (C=O) groups excluding carboxylic acids is 1. The highest BCUT2D eigenvalue weighted by Gasteiger charge is 2.48. The summed E-state index contributed by atoms with van der Waals surface area (Å²) in [6.45, 7) is 4.50. The van der Waals surface area contributed by atoms with Crippen LogP contribution in [0.2, 0.25) is 0 Å². The number of nitrogens with two attached hydrogens (primary N) is 1. The van der Waals surface area contributed by atoms with Gasteiger partial charge in [-0.05, 0) is 11.8 Å². The summed E-state index contributed by atoms with van der Waals surface area (Å²) in [6.07, 6.45) is 1.16. The van der Waals surface area contributed by atoms with E-state index in [-0.39, 0.29) is 12.5 Å². The molecule has 1 saturated carbocycles. The Labute approximate surface area is 73.9 Å². The monoisotopic (exact) mass is 170 g/mol. The molecule has 3 unspecified atom stereocenters. The van der Waals surface area contributed by atoms with Crippen molar-refractivity contribution in [1.82, 2.24) is 4.90 Å². The van der Waals surface area contributed by atoms with Gasteiger partial charge in [0.25, 0.3) is 0 Å². The minimum atomic E-state index is 0.0581. The van der Waals surface area contributed by atoms with E-state index in [4.69, 9.17) is 5.73 Å². The molecule has 1 fully saturated rings. The molecule has 0 spiro atoms. The van der Waals surface area contributed by atoms with Crippen molar-refractivity contribution in [1.29, 1.82) is 0 Å². The first-order chi connectivity index (χ1) is 5.63. The van der Waals surface area contributed by atoms with E-state index < -0.39 is 0 Å². The van der Waals surface area contributed by atoms with Gasteiger partial charge in [0.2, 0.25) is 5.91 Å². The molecule has 0 aromatic carbocycles. The van der Waals surface area contributed by atoms with E-state index >= 15 is 0 Å². The summed E-state index contributed by atoms with van der Waals surface area (Å²) in [6, 6.07) is 0.450. The summed E-state index contributed by atoms with van der Waals surface area (Å²) in [5.74, 6) is 1.42. The first kappa shape index (κ1) is 9.52. The van der Waals surface area contributed by atoms with E-state index in [9.17, 15) is 4.79 Å². The van der Waals surface area contributed by atoms with Gasteiger partial charge < -0.3 is 10.6 Å². The maximum Gasteiger partial charge on any atom is 0.236 e. The molecule has 2 N–H and O–H groups in total. The Morgan fingerprint density at radius 3 is 2.50 bits per heavy atom. The molecule has 0 radical (unpaired) electrons. The van der Waals surface area contributed by atoms with Crippen LogP contribution in [-0.2, 0) is 4.79 Å². The van der Waals surface area contributed by atoms with Crippen molar-refractivity contribution < 1.29 is 4.79 Å². The van der Waals surface area contributed by atoms with Gasteiger partial charge in [-0.25, -0.2) is 0 Å². The van der Waals surface area contributed by atoms with Gasteiger partial charge in [-0.2, -0.15) is 0 Å². The molecule has 1 aliphatic rings. The number of likely N-dealkylation sites (N-methyl/N-ethyl adjacent to an activating group) is 1. The molecule has 1 amide bonds. The van der Waals surface area contributed by atoms with Crippen LogP contribution in [0.15, 0.2) is 0 Å². The zero-order valence-corrected chi connectivity index (χ0v) is 8.08. The van der Waals surface area contributed by atoms with Crippen molar-refractivity contribution in [3.8, 4) is 0 Å². The maximum atomic E-state index is 11.2. The second-order valence-corrected chi connectivity index (χ2v) is 3.63. The van der Waals surface area contributed by atoms with E-state index in [1.165, 1.54) is 0 Å². The highest BCUT2D eigenvalue weighted by Crippen LogP contribution is 2.44. The quantitative estimate of drug-likeness (QED) is 0.668. The summed E-state index contributed by atoms with van der Waals surface area (Å²) < 4.78 is 0. The van der Waals surface area contributed by atoms with Crippen LogP contribution >= 0.6 is 0 Å². The summed E-state index contributed by atoms with van der Waals surface area (Å²) in [4.78, 5) is 13.0. The molecule has 0 aromatic rings. The third-order valence-corrected chi connectivity index (χ3v) is 3.00. The second-order valence-electron chi connectivity index (χ2n) is 3.63. The topological polar surface area (TPSA) is 46.3 Å². The first-order valence-corrected chi connectivity index (χ1v) is 4.59. The Morgan fingerprint density at radius 1 is 1.58 bits per heavy atom. The molecule has 12 heavy (non-hydrogen) atoms. The second kappa shape index (κ2) is 3.44. The van der Waals surface area contributed by atoms with Gasteiger partial charge in [-0.15, -0.1) is 0 Å². The average Bonchev–Trinajstić information content (AvgIpc) is 2.73. The zero-order chi connectivity index (χ0) is 9.30. The molecule has 3 heteroatoms. The van der Waals surface area contributed by atoms with Gasteiger partial charge in [0, 0.05) is 13.1 Å². The fraction of sp³-hybridized carbons (Fsp3) is 0.889. The van der Waals surface area contributed by atoms with Gasteiger partial charge >= 0.3 is 0 Å². The molecule has 0 heterocycles. The molecule has 1 rings (SSSR count). The third kappa shape index (κ3) is 1.46. The van der Waals surface area contributed by atoms with Crippen LogP contribution in [-0.4, -0.2) is 30.4 Å². The van der Waals surface area contributed by atoms with Crippen molar-refractivity contribution in [2.24, 2.45) is 17.6 Å². The molecule has 3 atom stereocenters. The minimum absolute atomic E-state index is 0.0581. The first-order valence-electron chi connectivity index (χ1n) is 4.59. The van der Waals surface area contributed by atoms with E-state index in [2.05, 4.69) is 13.8 Å². The summed E-state index contributed by atoms with van der Waals surface area (Å²) in [7, 11) is 1.85. The lowest BCUT2D eigenvalue weighted by atomic mass is 10.3. The molecule has 70 valence electrons. The smallest absolute Gasteiger partial charge is 0.236 e. The van der Waals surface area contributed by atoms with Crippen LogP contribution in [0.4, 0.5) is 0 Å². The number of carbonyl (C=O) groups is 1. The normalized spacial score (nSPS) is 33.2. The van der Waals surface area contributed by atoms with E-state index in [0.717, 1.165) is 6.42 Å². The Balaban J connectivity index is 2.45. The Bertz CT molecular complexity index is 181. The van der Waals surface area contributed by atoms with E-state index in [0.29, 0.717) is 17.9 Å². The fourth-order valence-corrected chi connectivity index (χ4v) is 2.09. The standard InChI is InChI=1S/C9H18N2O/c1-4-7-6(2)9(7)11(3)8(12)5-10/h6-7,9H,4-5,10H2,1-3H3. The van der Waals surface area contributed by atoms with Gasteiger partial charge in [0.15, 0.2) is 0 Å². The highest BCUT2D eigenvalue weighted by atomic mass is 16.2. The number of rotatable bonds is 3. The van der Waals surface area contributed by atoms with Crippen molar-refractivity contribution in [2.45, 2.75) is 26.3 Å². The predicted molar refractivity (Wildman–Crippen MR) is 48.6 cm³/mol. The Morgan fingerprint density at radius 2 is 2.17 bits per heavy atom. The summed E-state index contributed by atoms with van der Waals surface area (Å²) in [5, 5.41) is 0. The minimum Gasteiger partial charge on any atom is -0.341 e. The van der Waals surface area contributed by atoms with Gasteiger partial charge in [-0.3, -0.25) is 4.79 Å². The van der Waals surface area contributed by atoms with Crippen molar-refractivity contribution >= 4 is 5.91 Å². The number of nitrogens with zero attached hydrogens (tertiary/aromatic N) is 1. The fourth-order valence-electron chi connectivity index (χ4n) is 2.09. The van der Waals surface area contributed by atoms with Crippen molar-refractivity contribution in [2.75, 3.05) is 13.6 Å². The molecular formula is C9H18N2O. The van der Waals surface area contributed by atoms with E-state index in [1.54, 1.807) is 4.90 Å². The largest absolute Gasteiger partial charge is 0.341 e. The lowest BCUT2D eigenvalue weighted by Crippen LogP contribution is -2.35. The van der Waals surface area contributed by atoms with Crippen LogP contribution < -0.4 is 5.73 Å². The van der Waals surface area contributed by atoms with Crippen LogP contribution in [0.3, 0.4) is 0 Å². The highest BCUT2D eigenvalue weighted by molar-refractivity contribution is 5.78. The van der Waals surface area contributed by atoms with Crippen molar-refractivity contribution in [3.05, 3.63) is 0 Å². The lowest BCUT2D eigenvalue weighted by Gasteiger charge is -2.16. The summed E-state index contributed by atoms with van der Waals surface area (Å²) in [5.41, 5.74) is 5.28. The zero-order valence-electron chi connectivity index (χ0n) is 8.08. The maximum absolute atomic E-state index is 11.2. The SMILES string of the molecule is CCC1C(C)C1N(C)C(=O)CN. The van der Waals surface area contributed by atoms with Crippen LogP contribution in [0, 0.1) is 11.8 Å². The molecule has 1 aliphatic carbocycles. The van der Waals surface area contributed by atoms with Crippen LogP contribution in [0.5, 0.6) is 0 Å². The van der Waals surface area contributed by atoms with E-state index in [1.807, 2.05) is 7.05 Å². The molecule has 0 saturated heterocycles. The molecule has 0 bridgehead atoms. The number of hydrogen-bond acceptors (Lipinski definition) is 2. The third-order valence-electron chi connectivity index (χ3n) is 3.00. The van der Waals surface area contributed by atoms with Crippen LogP contribution in [0.1, 0.15) is 20.3 Å². The van der Waals surface area contributed by atoms with Crippen molar-refractivity contribution in [3.63, 3.8) is 0 Å².